The molecule has 19 heavy (non-hydrogen) atoms. The molecule has 0 spiro atoms. The van der Waals surface area contributed by atoms with Crippen LogP contribution < -0.4 is 5.73 Å². The zero-order valence-electron chi connectivity index (χ0n) is 10.6. The van der Waals surface area contributed by atoms with Gasteiger partial charge in [0.05, 0.1) is 11.8 Å². The molecule has 0 aliphatic rings. The molecule has 3 aromatic heterocycles. The van der Waals surface area contributed by atoms with Crippen LogP contribution in [0.1, 0.15) is 23.3 Å². The second-order valence-electron chi connectivity index (χ2n) is 4.31. The molecule has 0 fully saturated rings. The zero-order valence-corrected chi connectivity index (χ0v) is 11.4. The lowest BCUT2D eigenvalue weighted by Gasteiger charge is -2.01. The maximum absolute atomic E-state index is 6.01. The average molecular weight is 270 g/mol. The normalized spacial score (nSPS) is 11.0. The van der Waals surface area contributed by atoms with Crippen molar-refractivity contribution in [1.29, 1.82) is 0 Å². The highest BCUT2D eigenvalue weighted by Gasteiger charge is 2.09. The summed E-state index contributed by atoms with van der Waals surface area (Å²) in [6, 6.07) is 7.91. The van der Waals surface area contributed by atoms with Gasteiger partial charge in [-0.3, -0.25) is 4.98 Å². The summed E-state index contributed by atoms with van der Waals surface area (Å²) in [5, 5.41) is 0.964. The van der Waals surface area contributed by atoms with Crippen LogP contribution in [0.3, 0.4) is 0 Å². The molecule has 0 saturated carbocycles. The molecule has 0 radical (unpaired) electrons. The van der Waals surface area contributed by atoms with Crippen LogP contribution in [0.5, 0.6) is 0 Å². The fourth-order valence-corrected chi connectivity index (χ4v) is 2.95. The molecule has 0 atom stereocenters. The van der Waals surface area contributed by atoms with Crippen molar-refractivity contribution in [3.8, 4) is 0 Å². The van der Waals surface area contributed by atoms with Crippen molar-refractivity contribution in [2.45, 2.75) is 19.8 Å². The second kappa shape index (κ2) is 4.93. The number of anilines is 1. The minimum Gasteiger partial charge on any atom is -0.383 e. The molecule has 3 rings (SSSR count). The number of rotatable bonds is 3. The maximum atomic E-state index is 6.01. The van der Waals surface area contributed by atoms with E-state index in [1.54, 1.807) is 17.5 Å². The molecule has 96 valence electrons. The molecule has 3 heterocycles. The third-order valence-electron chi connectivity index (χ3n) is 2.93. The molecule has 2 N–H and O–H groups in total. The van der Waals surface area contributed by atoms with E-state index in [2.05, 4.69) is 27.9 Å². The van der Waals surface area contributed by atoms with Gasteiger partial charge in [-0.15, -0.1) is 11.3 Å². The monoisotopic (exact) mass is 270 g/mol. The summed E-state index contributed by atoms with van der Waals surface area (Å²) in [5.74, 6) is 1.29. The van der Waals surface area contributed by atoms with E-state index in [1.165, 1.54) is 4.88 Å². The minimum absolute atomic E-state index is 0.562. The van der Waals surface area contributed by atoms with Crippen LogP contribution in [0, 0.1) is 0 Å². The molecular formula is C14H14N4S. The third-order valence-corrected chi connectivity index (χ3v) is 4.11. The van der Waals surface area contributed by atoms with Gasteiger partial charge in [0.25, 0.3) is 0 Å². The Hall–Kier alpha value is -2.01. The molecule has 3 aromatic rings. The predicted octanol–water partition coefficient (Wildman–Crippen LogP) is 2.82. The fourth-order valence-electron chi connectivity index (χ4n) is 1.96. The highest BCUT2D eigenvalue weighted by Crippen LogP contribution is 2.28. The third kappa shape index (κ3) is 2.42. The van der Waals surface area contributed by atoms with Crippen LogP contribution in [0.15, 0.2) is 30.5 Å². The van der Waals surface area contributed by atoms with E-state index < -0.39 is 0 Å². The lowest BCUT2D eigenvalue weighted by atomic mass is 10.2. The number of aryl methyl sites for hydroxylation is 1. The number of thiophene rings is 1. The summed E-state index contributed by atoms with van der Waals surface area (Å²) in [5.41, 5.74) is 6.97. The first-order chi connectivity index (χ1) is 9.26. The molecule has 0 amide bonds. The van der Waals surface area contributed by atoms with Gasteiger partial charge in [0.2, 0.25) is 0 Å². The van der Waals surface area contributed by atoms with Crippen molar-refractivity contribution in [2.24, 2.45) is 0 Å². The van der Waals surface area contributed by atoms with Crippen LogP contribution in [0.25, 0.3) is 10.2 Å². The lowest BCUT2D eigenvalue weighted by molar-refractivity contribution is 0.960. The summed E-state index contributed by atoms with van der Waals surface area (Å²) in [6.45, 7) is 2.13. The number of nitrogens with zero attached hydrogens (tertiary/aromatic N) is 3. The number of fused-ring (bicyclic) bond motifs is 1. The van der Waals surface area contributed by atoms with Crippen molar-refractivity contribution in [1.82, 2.24) is 15.0 Å². The lowest BCUT2D eigenvalue weighted by Crippen LogP contribution is -2.01. The first-order valence-electron chi connectivity index (χ1n) is 6.21. The van der Waals surface area contributed by atoms with E-state index in [4.69, 9.17) is 5.73 Å². The van der Waals surface area contributed by atoms with Gasteiger partial charge >= 0.3 is 0 Å². The number of hydrogen-bond donors (Lipinski definition) is 1. The first kappa shape index (κ1) is 12.0. The average Bonchev–Trinajstić information content (AvgIpc) is 2.83. The number of nitrogen functional groups attached to an aromatic ring is 1. The van der Waals surface area contributed by atoms with E-state index in [0.29, 0.717) is 12.2 Å². The Kier molecular flexibility index (Phi) is 3.13. The molecule has 0 aliphatic carbocycles. The van der Waals surface area contributed by atoms with E-state index in [0.717, 1.165) is 28.2 Å². The van der Waals surface area contributed by atoms with Crippen LogP contribution in [-0.2, 0) is 12.8 Å². The van der Waals surface area contributed by atoms with Crippen molar-refractivity contribution in [3.63, 3.8) is 0 Å². The van der Waals surface area contributed by atoms with Crippen molar-refractivity contribution >= 4 is 27.4 Å². The Morgan fingerprint density at radius 2 is 2.16 bits per heavy atom. The number of aromatic nitrogens is 3. The van der Waals surface area contributed by atoms with Gasteiger partial charge < -0.3 is 5.73 Å². The Bertz CT molecular complexity index is 706. The molecule has 5 heteroatoms. The number of nitrogens with two attached hydrogens (primary N) is 1. The summed E-state index contributed by atoms with van der Waals surface area (Å²) >= 11 is 1.68. The number of hydrogen-bond acceptors (Lipinski definition) is 5. The quantitative estimate of drug-likeness (QED) is 0.794. The van der Waals surface area contributed by atoms with Crippen molar-refractivity contribution < 1.29 is 0 Å². The van der Waals surface area contributed by atoms with Crippen LogP contribution in [0.2, 0.25) is 0 Å². The summed E-state index contributed by atoms with van der Waals surface area (Å²) in [7, 11) is 0. The van der Waals surface area contributed by atoms with E-state index in [9.17, 15) is 0 Å². The topological polar surface area (TPSA) is 64.7 Å². The second-order valence-corrected chi connectivity index (χ2v) is 5.42. The highest BCUT2D eigenvalue weighted by atomic mass is 32.1. The molecule has 0 unspecified atom stereocenters. The Labute approximate surface area is 115 Å². The summed E-state index contributed by atoms with van der Waals surface area (Å²) in [6.07, 6.45) is 3.38. The standard InChI is InChI=1S/C14H14N4S/c1-2-10-8-11-13(15)17-12(18-14(11)19-10)7-9-5-3-4-6-16-9/h3-6,8H,2,7H2,1H3,(H2,15,17,18). The molecule has 0 bridgehead atoms. The van der Waals surface area contributed by atoms with Gasteiger partial charge in [-0.25, -0.2) is 9.97 Å². The van der Waals surface area contributed by atoms with Crippen molar-refractivity contribution in [2.75, 3.05) is 5.73 Å². The van der Waals surface area contributed by atoms with Gasteiger partial charge in [-0.1, -0.05) is 13.0 Å². The van der Waals surface area contributed by atoms with Gasteiger partial charge in [-0.05, 0) is 24.6 Å². The van der Waals surface area contributed by atoms with Crippen LogP contribution in [-0.4, -0.2) is 15.0 Å². The molecule has 0 aliphatic heterocycles. The van der Waals surface area contributed by atoms with Gasteiger partial charge in [0.1, 0.15) is 16.5 Å². The Morgan fingerprint density at radius 3 is 2.89 bits per heavy atom. The smallest absolute Gasteiger partial charge is 0.138 e. The predicted molar refractivity (Wildman–Crippen MR) is 78.2 cm³/mol. The zero-order chi connectivity index (χ0) is 13.2. The SMILES string of the molecule is CCc1cc2c(N)nc(Cc3ccccn3)nc2s1. The number of pyridine rings is 1. The Morgan fingerprint density at radius 1 is 1.26 bits per heavy atom. The molecule has 0 aromatic carbocycles. The van der Waals surface area contributed by atoms with Crippen molar-refractivity contribution in [3.05, 3.63) is 46.9 Å². The summed E-state index contributed by atoms with van der Waals surface area (Å²) < 4.78 is 0. The highest BCUT2D eigenvalue weighted by molar-refractivity contribution is 7.18. The molecular weight excluding hydrogens is 256 g/mol. The van der Waals surface area contributed by atoms with Gasteiger partial charge in [0, 0.05) is 16.8 Å². The van der Waals surface area contributed by atoms with Crippen LogP contribution in [0.4, 0.5) is 5.82 Å². The Balaban J connectivity index is 2.01. The largest absolute Gasteiger partial charge is 0.383 e. The van der Waals surface area contributed by atoms with E-state index in [1.807, 2.05) is 18.2 Å². The minimum atomic E-state index is 0.562. The van der Waals surface area contributed by atoms with Crippen LogP contribution >= 0.6 is 11.3 Å². The fraction of sp³-hybridized carbons (Fsp3) is 0.214. The first-order valence-corrected chi connectivity index (χ1v) is 7.02. The van der Waals surface area contributed by atoms with Gasteiger partial charge in [0.15, 0.2) is 0 Å². The molecule has 0 saturated heterocycles. The van der Waals surface area contributed by atoms with Gasteiger partial charge in [-0.2, -0.15) is 0 Å². The molecule has 4 nitrogen and oxygen atoms in total. The van der Waals surface area contributed by atoms with E-state index in [-0.39, 0.29) is 0 Å². The maximum Gasteiger partial charge on any atom is 0.138 e. The van der Waals surface area contributed by atoms with E-state index >= 15 is 0 Å². The summed E-state index contributed by atoms with van der Waals surface area (Å²) in [4.78, 5) is 15.5.